The molecular weight excluding hydrogens is 276 g/mol. The van der Waals surface area contributed by atoms with Gasteiger partial charge in [-0.1, -0.05) is 0 Å². The number of nitrogens with one attached hydrogen (secondary N) is 2. The summed E-state index contributed by atoms with van der Waals surface area (Å²) in [5.74, 6) is 3.20. The third-order valence-corrected chi connectivity index (χ3v) is 3.77. The first-order valence-electron chi connectivity index (χ1n) is 6.44. The zero-order valence-electron chi connectivity index (χ0n) is 11.8. The van der Waals surface area contributed by atoms with E-state index in [0.29, 0.717) is 12.4 Å². The van der Waals surface area contributed by atoms with Crippen molar-refractivity contribution >= 4 is 17.7 Å². The van der Waals surface area contributed by atoms with E-state index in [-0.39, 0.29) is 0 Å². The molecule has 1 aliphatic rings. The van der Waals surface area contributed by atoms with Crippen molar-refractivity contribution in [3.8, 4) is 0 Å². The van der Waals surface area contributed by atoms with Crippen LogP contribution < -0.4 is 22.3 Å². The summed E-state index contributed by atoms with van der Waals surface area (Å²) >= 11 is 1.76. The number of furan rings is 1. The topological polar surface area (TPSA) is 105 Å². The maximum absolute atomic E-state index is 6.00. The first-order valence-corrected chi connectivity index (χ1v) is 7.60. The number of nitrogens with zero attached hydrogens (tertiary/aromatic N) is 2. The van der Waals surface area contributed by atoms with Crippen molar-refractivity contribution in [3.63, 3.8) is 0 Å². The van der Waals surface area contributed by atoms with Gasteiger partial charge in [0.2, 0.25) is 5.96 Å². The number of hydrazine groups is 1. The van der Waals surface area contributed by atoms with Gasteiger partial charge in [0.25, 0.3) is 0 Å². The fraction of sp³-hybridized carbons (Fsp3) is 0.583. The van der Waals surface area contributed by atoms with Gasteiger partial charge >= 0.3 is 0 Å². The maximum Gasteiger partial charge on any atom is 0.206 e. The molecule has 0 spiro atoms. The summed E-state index contributed by atoms with van der Waals surface area (Å²) in [5.41, 5.74) is 17.1. The van der Waals surface area contributed by atoms with Crippen LogP contribution >= 0.6 is 11.8 Å². The van der Waals surface area contributed by atoms with E-state index in [1.54, 1.807) is 11.8 Å². The normalized spacial score (nSPS) is 22.1. The van der Waals surface area contributed by atoms with Crippen LogP contribution in [0.5, 0.6) is 0 Å². The van der Waals surface area contributed by atoms with E-state index >= 15 is 0 Å². The number of rotatable bonds is 7. The molecule has 20 heavy (non-hydrogen) atoms. The summed E-state index contributed by atoms with van der Waals surface area (Å²) < 4.78 is 5.74. The zero-order valence-corrected chi connectivity index (χ0v) is 12.7. The average Bonchev–Trinajstić information content (AvgIpc) is 2.92. The largest absolute Gasteiger partial charge is 0.464 e. The Hall–Kier alpha value is -1.22. The van der Waals surface area contributed by atoms with Crippen LogP contribution in [0.15, 0.2) is 21.5 Å². The van der Waals surface area contributed by atoms with Crippen LogP contribution in [-0.2, 0) is 12.3 Å². The molecule has 0 amide bonds. The highest BCUT2D eigenvalue weighted by molar-refractivity contribution is 7.98. The van der Waals surface area contributed by atoms with Crippen LogP contribution in [0.1, 0.15) is 17.9 Å². The summed E-state index contributed by atoms with van der Waals surface area (Å²) in [5, 5.41) is 0. The quantitative estimate of drug-likeness (QED) is 0.525. The second-order valence-electron chi connectivity index (χ2n) is 5.08. The lowest BCUT2D eigenvalue weighted by molar-refractivity contribution is 0.344. The Morgan fingerprint density at radius 2 is 2.15 bits per heavy atom. The molecule has 0 aromatic carbocycles. The van der Waals surface area contributed by atoms with Gasteiger partial charge in [0.05, 0.1) is 12.3 Å². The summed E-state index contributed by atoms with van der Waals surface area (Å²) in [4.78, 5) is 6.19. The Labute approximate surface area is 123 Å². The summed E-state index contributed by atoms with van der Waals surface area (Å²) in [6, 6.07) is 4.04. The minimum absolute atomic E-state index is 0.330. The third kappa shape index (κ3) is 4.41. The fourth-order valence-electron chi connectivity index (χ4n) is 1.86. The van der Waals surface area contributed by atoms with Crippen molar-refractivity contribution in [1.29, 1.82) is 0 Å². The molecular formula is C12H22N6OS. The van der Waals surface area contributed by atoms with E-state index in [1.807, 2.05) is 26.2 Å². The van der Waals surface area contributed by atoms with Gasteiger partial charge in [-0.05, 0) is 32.0 Å². The number of guanidine groups is 1. The number of aliphatic imine (C=N–C) groups is 1. The molecule has 8 heteroatoms. The Bertz CT molecular complexity index is 474. The Morgan fingerprint density at radius 3 is 2.80 bits per heavy atom. The molecule has 7 nitrogen and oxygen atoms in total. The molecule has 1 unspecified atom stereocenters. The molecule has 0 bridgehead atoms. The Morgan fingerprint density at radius 1 is 1.40 bits per heavy atom. The smallest absolute Gasteiger partial charge is 0.206 e. The van der Waals surface area contributed by atoms with Crippen molar-refractivity contribution in [2.45, 2.75) is 24.5 Å². The highest BCUT2D eigenvalue weighted by atomic mass is 32.2. The fourth-order valence-corrected chi connectivity index (χ4v) is 2.81. The lowest BCUT2D eigenvalue weighted by Gasteiger charge is -2.19. The standard InChI is InChI=1S/C12H22N6OS/c1-18(2)7-9-3-4-10(19-9)8-20-6-5-12(14)15-11(13)16-17-12/h3-4,17H,5-8,14H2,1-2H3,(H3,13,15,16). The molecule has 2 heterocycles. The van der Waals surface area contributed by atoms with E-state index in [2.05, 4.69) is 20.7 Å². The summed E-state index contributed by atoms with van der Waals surface area (Å²) in [6.07, 6.45) is 0.691. The first kappa shape index (κ1) is 15.2. The molecule has 0 saturated heterocycles. The number of thioether (sulfide) groups is 1. The molecule has 0 saturated carbocycles. The van der Waals surface area contributed by atoms with Gasteiger partial charge < -0.3 is 15.1 Å². The second-order valence-corrected chi connectivity index (χ2v) is 6.18. The van der Waals surface area contributed by atoms with Crippen LogP contribution in [0.2, 0.25) is 0 Å². The number of hydrogen-bond donors (Lipinski definition) is 4. The van der Waals surface area contributed by atoms with Crippen molar-refractivity contribution in [2.75, 3.05) is 19.8 Å². The van der Waals surface area contributed by atoms with Gasteiger partial charge in [0.1, 0.15) is 11.5 Å². The zero-order chi connectivity index (χ0) is 14.6. The van der Waals surface area contributed by atoms with Crippen LogP contribution in [0.25, 0.3) is 0 Å². The minimum atomic E-state index is -0.795. The Kier molecular flexibility index (Phi) is 4.92. The monoisotopic (exact) mass is 298 g/mol. The lowest BCUT2D eigenvalue weighted by Crippen LogP contribution is -2.53. The lowest BCUT2D eigenvalue weighted by atomic mass is 10.3. The summed E-state index contributed by atoms with van der Waals surface area (Å²) in [6.45, 7) is 0.820. The van der Waals surface area contributed by atoms with Gasteiger partial charge in [-0.25, -0.2) is 4.99 Å². The molecule has 1 aromatic heterocycles. The maximum atomic E-state index is 6.00. The van der Waals surface area contributed by atoms with Crippen molar-refractivity contribution in [3.05, 3.63) is 23.7 Å². The van der Waals surface area contributed by atoms with Gasteiger partial charge in [-0.15, -0.1) is 0 Å². The van der Waals surface area contributed by atoms with Crippen LogP contribution in [0, 0.1) is 0 Å². The van der Waals surface area contributed by atoms with Gasteiger partial charge in [0, 0.05) is 6.42 Å². The Balaban J connectivity index is 1.70. The van der Waals surface area contributed by atoms with Crippen LogP contribution in [0.3, 0.4) is 0 Å². The van der Waals surface area contributed by atoms with E-state index in [4.69, 9.17) is 15.9 Å². The molecule has 1 atom stereocenters. The van der Waals surface area contributed by atoms with Crippen LogP contribution in [0.4, 0.5) is 0 Å². The van der Waals surface area contributed by atoms with Crippen molar-refractivity contribution < 1.29 is 4.42 Å². The second kappa shape index (κ2) is 6.49. The van der Waals surface area contributed by atoms with Gasteiger partial charge in [-0.3, -0.25) is 11.2 Å². The molecule has 0 fully saturated rings. The first-order chi connectivity index (χ1) is 9.47. The predicted molar refractivity (Wildman–Crippen MR) is 81.7 cm³/mol. The molecule has 112 valence electrons. The molecule has 0 radical (unpaired) electrons. The number of hydrogen-bond acceptors (Lipinski definition) is 8. The van der Waals surface area contributed by atoms with E-state index in [9.17, 15) is 0 Å². The predicted octanol–water partition coefficient (Wildman–Crippen LogP) is -0.000500. The van der Waals surface area contributed by atoms with Gasteiger partial charge in [0.15, 0.2) is 5.79 Å². The van der Waals surface area contributed by atoms with E-state index in [0.717, 1.165) is 29.6 Å². The van der Waals surface area contributed by atoms with Crippen LogP contribution in [-0.4, -0.2) is 36.5 Å². The molecule has 1 aliphatic heterocycles. The van der Waals surface area contributed by atoms with Gasteiger partial charge in [-0.2, -0.15) is 17.2 Å². The van der Waals surface area contributed by atoms with Crippen molar-refractivity contribution in [2.24, 2.45) is 16.5 Å². The number of nitrogens with two attached hydrogens (primary N) is 2. The highest BCUT2D eigenvalue weighted by Crippen LogP contribution is 2.19. The average molecular weight is 298 g/mol. The highest BCUT2D eigenvalue weighted by Gasteiger charge is 2.28. The van der Waals surface area contributed by atoms with E-state index < -0.39 is 5.79 Å². The molecule has 6 N–H and O–H groups in total. The third-order valence-electron chi connectivity index (χ3n) is 2.79. The van der Waals surface area contributed by atoms with Crippen molar-refractivity contribution in [1.82, 2.24) is 15.8 Å². The SMILES string of the molecule is CN(C)Cc1ccc(CSCCC2(N)N=C(N)NN2)o1. The van der Waals surface area contributed by atoms with E-state index in [1.165, 1.54) is 0 Å². The molecule has 0 aliphatic carbocycles. The molecule has 2 rings (SSSR count). The molecule has 1 aromatic rings. The summed E-state index contributed by atoms with van der Waals surface area (Å²) in [7, 11) is 4.04. The minimum Gasteiger partial charge on any atom is -0.464 e.